The Hall–Kier alpha value is -2.44. The van der Waals surface area contributed by atoms with Crippen LogP contribution in [0.25, 0.3) is 11.0 Å². The van der Waals surface area contributed by atoms with Gasteiger partial charge < -0.3 is 10.4 Å². The molecule has 0 aliphatic heterocycles. The monoisotopic (exact) mass is 344 g/mol. The molecule has 7 heteroatoms. The van der Waals surface area contributed by atoms with Crippen molar-refractivity contribution in [1.29, 1.82) is 0 Å². The molecule has 2 N–H and O–H groups in total. The molecule has 2 aromatic heterocycles. The molecule has 1 aliphatic carbocycles. The number of hydrogen-bond donors (Lipinski definition) is 2. The molecule has 0 radical (unpaired) electrons. The van der Waals surface area contributed by atoms with Crippen LogP contribution in [0.5, 0.6) is 0 Å². The zero-order valence-electron chi connectivity index (χ0n) is 14.9. The number of aliphatic carboxylic acids is 1. The Morgan fingerprint density at radius 2 is 1.96 bits per heavy atom. The van der Waals surface area contributed by atoms with Crippen LogP contribution in [0.1, 0.15) is 53.8 Å². The number of carboxylic acids is 1. The Kier molecular flexibility index (Phi) is 4.49. The second-order valence-corrected chi connectivity index (χ2v) is 7.05. The van der Waals surface area contributed by atoms with Crippen LogP contribution >= 0.6 is 0 Å². The quantitative estimate of drug-likeness (QED) is 0.887. The summed E-state index contributed by atoms with van der Waals surface area (Å²) in [5, 5.41) is 17.6. The summed E-state index contributed by atoms with van der Waals surface area (Å²) in [7, 11) is 1.80. The molecule has 1 amide bonds. The molecule has 0 atom stereocenters. The number of amides is 1. The molecular weight excluding hydrogens is 320 g/mol. The summed E-state index contributed by atoms with van der Waals surface area (Å²) in [4.78, 5) is 29.0. The number of rotatable bonds is 4. The van der Waals surface area contributed by atoms with Crippen molar-refractivity contribution in [3.8, 4) is 0 Å². The van der Waals surface area contributed by atoms with Crippen molar-refractivity contribution >= 4 is 22.9 Å². The number of nitrogens with zero attached hydrogens (tertiary/aromatic N) is 3. The summed E-state index contributed by atoms with van der Waals surface area (Å²) >= 11 is 0. The summed E-state index contributed by atoms with van der Waals surface area (Å²) < 4.78 is 1.66. The number of aryl methyl sites for hydroxylation is 3. The van der Waals surface area contributed by atoms with Gasteiger partial charge in [0.2, 0.25) is 0 Å². The molecule has 1 fully saturated rings. The van der Waals surface area contributed by atoms with Gasteiger partial charge in [0.15, 0.2) is 5.65 Å². The van der Waals surface area contributed by atoms with E-state index in [9.17, 15) is 14.7 Å². The number of carbonyl (C=O) groups excluding carboxylic acids is 1. The number of carboxylic acid groups (broad SMARTS) is 1. The number of carbonyl (C=O) groups is 2. The van der Waals surface area contributed by atoms with Crippen molar-refractivity contribution in [3.63, 3.8) is 0 Å². The maximum Gasteiger partial charge on any atom is 0.311 e. The van der Waals surface area contributed by atoms with Gasteiger partial charge in [-0.25, -0.2) is 4.98 Å². The fraction of sp³-hybridized carbons (Fsp3) is 0.556. The van der Waals surface area contributed by atoms with Crippen LogP contribution in [-0.4, -0.2) is 38.3 Å². The number of pyridine rings is 1. The van der Waals surface area contributed by atoms with Gasteiger partial charge in [-0.1, -0.05) is 19.3 Å². The summed E-state index contributed by atoms with van der Waals surface area (Å²) in [6, 6.07) is 1.74. The molecule has 0 saturated heterocycles. The third-order valence-electron chi connectivity index (χ3n) is 5.19. The Balaban J connectivity index is 1.89. The lowest BCUT2D eigenvalue weighted by Gasteiger charge is -2.33. The Morgan fingerprint density at radius 3 is 2.60 bits per heavy atom. The molecule has 134 valence electrons. The molecule has 1 saturated carbocycles. The molecule has 0 spiro atoms. The van der Waals surface area contributed by atoms with Crippen molar-refractivity contribution in [2.75, 3.05) is 6.54 Å². The van der Waals surface area contributed by atoms with E-state index < -0.39 is 11.4 Å². The minimum absolute atomic E-state index is 0.156. The number of fused-ring (bicyclic) bond motifs is 1. The van der Waals surface area contributed by atoms with Gasteiger partial charge in [0.05, 0.1) is 22.1 Å². The molecule has 1 aliphatic rings. The Bertz CT molecular complexity index is 834. The zero-order valence-corrected chi connectivity index (χ0v) is 14.9. The van der Waals surface area contributed by atoms with Crippen molar-refractivity contribution < 1.29 is 14.7 Å². The smallest absolute Gasteiger partial charge is 0.311 e. The van der Waals surface area contributed by atoms with E-state index in [1.165, 1.54) is 0 Å². The van der Waals surface area contributed by atoms with E-state index in [4.69, 9.17) is 0 Å². The van der Waals surface area contributed by atoms with E-state index in [1.54, 1.807) is 17.8 Å². The molecule has 7 nitrogen and oxygen atoms in total. The maximum atomic E-state index is 12.8. The predicted molar refractivity (Wildman–Crippen MR) is 93.5 cm³/mol. The largest absolute Gasteiger partial charge is 0.481 e. The van der Waals surface area contributed by atoms with Gasteiger partial charge in [-0.3, -0.25) is 14.3 Å². The van der Waals surface area contributed by atoms with Crippen LogP contribution in [-0.2, 0) is 11.8 Å². The van der Waals surface area contributed by atoms with E-state index in [1.807, 2.05) is 13.8 Å². The van der Waals surface area contributed by atoms with E-state index in [2.05, 4.69) is 15.4 Å². The molecule has 2 heterocycles. The third kappa shape index (κ3) is 3.10. The normalized spacial score (nSPS) is 16.8. The van der Waals surface area contributed by atoms with E-state index in [0.29, 0.717) is 24.1 Å². The zero-order chi connectivity index (χ0) is 18.2. The van der Waals surface area contributed by atoms with Crippen molar-refractivity contribution in [3.05, 3.63) is 23.0 Å². The number of hydrogen-bond acceptors (Lipinski definition) is 4. The van der Waals surface area contributed by atoms with Gasteiger partial charge in [0.25, 0.3) is 5.91 Å². The highest BCUT2D eigenvalue weighted by Gasteiger charge is 2.40. The van der Waals surface area contributed by atoms with Crippen LogP contribution in [0.2, 0.25) is 0 Å². The summed E-state index contributed by atoms with van der Waals surface area (Å²) in [6.07, 6.45) is 4.06. The van der Waals surface area contributed by atoms with Gasteiger partial charge >= 0.3 is 5.97 Å². The maximum absolute atomic E-state index is 12.8. The van der Waals surface area contributed by atoms with Crippen LogP contribution in [0, 0.1) is 19.3 Å². The van der Waals surface area contributed by atoms with Gasteiger partial charge in [-0.05, 0) is 32.8 Å². The molecule has 0 aromatic carbocycles. The van der Waals surface area contributed by atoms with Gasteiger partial charge in [0, 0.05) is 19.3 Å². The number of aromatic nitrogens is 3. The summed E-state index contributed by atoms with van der Waals surface area (Å²) in [6.45, 7) is 3.83. The van der Waals surface area contributed by atoms with Crippen molar-refractivity contribution in [2.45, 2.75) is 46.0 Å². The average molecular weight is 344 g/mol. The minimum Gasteiger partial charge on any atom is -0.481 e. The van der Waals surface area contributed by atoms with Crippen LogP contribution < -0.4 is 5.32 Å². The second-order valence-electron chi connectivity index (χ2n) is 7.05. The van der Waals surface area contributed by atoms with Gasteiger partial charge in [-0.2, -0.15) is 5.10 Å². The SMILES string of the molecule is Cc1cc(C(=O)NCC2(C(=O)O)CCCCC2)c2c(C)nn(C)c2n1. The lowest BCUT2D eigenvalue weighted by Crippen LogP contribution is -2.44. The van der Waals surface area contributed by atoms with Crippen LogP contribution in [0.15, 0.2) is 6.07 Å². The molecule has 3 rings (SSSR count). The summed E-state index contributed by atoms with van der Waals surface area (Å²) in [5.41, 5.74) is 1.78. The Labute approximate surface area is 146 Å². The standard InChI is InChI=1S/C18H24N4O3/c1-11-9-13(14-12(2)21-22(3)15(14)20-11)16(23)19-10-18(17(24)25)7-5-4-6-8-18/h9H,4-8,10H2,1-3H3,(H,19,23)(H,24,25). The van der Waals surface area contributed by atoms with E-state index in [0.717, 1.165) is 36.0 Å². The first-order chi connectivity index (χ1) is 11.8. The minimum atomic E-state index is -0.848. The average Bonchev–Trinajstić information content (AvgIpc) is 2.86. The lowest BCUT2D eigenvalue weighted by molar-refractivity contribution is -0.150. The molecule has 0 unspecified atom stereocenters. The molecule has 2 aromatic rings. The van der Waals surface area contributed by atoms with Crippen molar-refractivity contribution in [1.82, 2.24) is 20.1 Å². The number of nitrogens with one attached hydrogen (secondary N) is 1. The van der Waals surface area contributed by atoms with E-state index in [-0.39, 0.29) is 12.5 Å². The lowest BCUT2D eigenvalue weighted by atomic mass is 9.74. The topological polar surface area (TPSA) is 97.1 Å². The first kappa shape index (κ1) is 17.4. The second kappa shape index (κ2) is 6.46. The predicted octanol–water partition coefficient (Wildman–Crippen LogP) is 2.35. The first-order valence-corrected chi connectivity index (χ1v) is 8.67. The fourth-order valence-corrected chi connectivity index (χ4v) is 3.79. The highest BCUT2D eigenvalue weighted by atomic mass is 16.4. The molecule has 0 bridgehead atoms. The highest BCUT2D eigenvalue weighted by molar-refractivity contribution is 6.06. The molecule has 25 heavy (non-hydrogen) atoms. The van der Waals surface area contributed by atoms with Gasteiger partial charge in [-0.15, -0.1) is 0 Å². The summed E-state index contributed by atoms with van der Waals surface area (Å²) in [5.74, 6) is -1.08. The highest BCUT2D eigenvalue weighted by Crippen LogP contribution is 2.36. The van der Waals surface area contributed by atoms with E-state index >= 15 is 0 Å². The van der Waals surface area contributed by atoms with Crippen molar-refractivity contribution in [2.24, 2.45) is 12.5 Å². The van der Waals surface area contributed by atoms with Gasteiger partial charge in [0.1, 0.15) is 0 Å². The first-order valence-electron chi connectivity index (χ1n) is 8.67. The van der Waals surface area contributed by atoms with Crippen LogP contribution in [0.4, 0.5) is 0 Å². The molecular formula is C18H24N4O3. The van der Waals surface area contributed by atoms with Crippen LogP contribution in [0.3, 0.4) is 0 Å². The Morgan fingerprint density at radius 1 is 1.28 bits per heavy atom. The fourth-order valence-electron chi connectivity index (χ4n) is 3.79. The third-order valence-corrected chi connectivity index (χ3v) is 5.19.